The standard InChI is InChI=1S/C13H25NO/c1-12(2)6-4-7-13(10-12)9-11(14-3)5-8-15-13/h11,14H,4-10H2,1-3H3. The smallest absolute Gasteiger partial charge is 0.0702 e. The molecule has 88 valence electrons. The molecule has 2 unspecified atom stereocenters. The third-order valence-electron chi connectivity index (χ3n) is 4.19. The summed E-state index contributed by atoms with van der Waals surface area (Å²) in [5.74, 6) is 0. The summed E-state index contributed by atoms with van der Waals surface area (Å²) >= 11 is 0. The van der Waals surface area contributed by atoms with Crippen LogP contribution in [0, 0.1) is 5.41 Å². The van der Waals surface area contributed by atoms with Gasteiger partial charge in [0, 0.05) is 12.6 Å². The first-order chi connectivity index (χ1) is 7.05. The summed E-state index contributed by atoms with van der Waals surface area (Å²) < 4.78 is 6.13. The van der Waals surface area contributed by atoms with E-state index in [0.717, 1.165) is 6.61 Å². The minimum Gasteiger partial charge on any atom is -0.375 e. The molecular formula is C13H25NO. The fourth-order valence-electron chi connectivity index (χ4n) is 3.51. The SMILES string of the molecule is CNC1CCOC2(CCCC(C)(C)C2)C1. The molecule has 0 bridgehead atoms. The lowest BCUT2D eigenvalue weighted by molar-refractivity contribution is -0.131. The van der Waals surface area contributed by atoms with Gasteiger partial charge in [0.25, 0.3) is 0 Å². The molecule has 2 rings (SSSR count). The second-order valence-corrected chi connectivity index (χ2v) is 6.20. The van der Waals surface area contributed by atoms with Crippen molar-refractivity contribution in [2.45, 2.75) is 64.0 Å². The van der Waals surface area contributed by atoms with Gasteiger partial charge >= 0.3 is 0 Å². The normalized spacial score (nSPS) is 40.6. The molecule has 15 heavy (non-hydrogen) atoms. The van der Waals surface area contributed by atoms with Crippen LogP contribution in [0.25, 0.3) is 0 Å². The Labute approximate surface area is 93.8 Å². The van der Waals surface area contributed by atoms with Gasteiger partial charge in [0.05, 0.1) is 5.60 Å². The molecule has 1 saturated heterocycles. The van der Waals surface area contributed by atoms with Crippen molar-refractivity contribution in [3.05, 3.63) is 0 Å². The largest absolute Gasteiger partial charge is 0.375 e. The van der Waals surface area contributed by atoms with Crippen LogP contribution in [0.5, 0.6) is 0 Å². The molecule has 0 amide bonds. The van der Waals surface area contributed by atoms with Crippen LogP contribution in [0.3, 0.4) is 0 Å². The van der Waals surface area contributed by atoms with Gasteiger partial charge in [-0.2, -0.15) is 0 Å². The van der Waals surface area contributed by atoms with Crippen LogP contribution in [0.15, 0.2) is 0 Å². The zero-order valence-corrected chi connectivity index (χ0v) is 10.4. The van der Waals surface area contributed by atoms with E-state index >= 15 is 0 Å². The van der Waals surface area contributed by atoms with Gasteiger partial charge < -0.3 is 10.1 Å². The van der Waals surface area contributed by atoms with Gasteiger partial charge in [-0.3, -0.25) is 0 Å². The number of hydrogen-bond acceptors (Lipinski definition) is 2. The average molecular weight is 211 g/mol. The van der Waals surface area contributed by atoms with Gasteiger partial charge in [0.15, 0.2) is 0 Å². The topological polar surface area (TPSA) is 21.3 Å². The van der Waals surface area contributed by atoms with Crippen molar-refractivity contribution < 1.29 is 4.74 Å². The molecule has 2 heteroatoms. The van der Waals surface area contributed by atoms with Gasteiger partial charge in [0.1, 0.15) is 0 Å². The molecular weight excluding hydrogens is 186 g/mol. The molecule has 1 spiro atoms. The van der Waals surface area contributed by atoms with Crippen molar-refractivity contribution in [2.75, 3.05) is 13.7 Å². The minimum absolute atomic E-state index is 0.202. The maximum atomic E-state index is 6.13. The Hall–Kier alpha value is -0.0800. The van der Waals surface area contributed by atoms with E-state index in [4.69, 9.17) is 4.74 Å². The van der Waals surface area contributed by atoms with Crippen molar-refractivity contribution in [1.29, 1.82) is 0 Å². The monoisotopic (exact) mass is 211 g/mol. The first kappa shape index (κ1) is 11.4. The number of rotatable bonds is 1. The van der Waals surface area contributed by atoms with Gasteiger partial charge in [-0.25, -0.2) is 0 Å². The maximum Gasteiger partial charge on any atom is 0.0702 e. The lowest BCUT2D eigenvalue weighted by atomic mass is 9.67. The number of ether oxygens (including phenoxy) is 1. The van der Waals surface area contributed by atoms with Crippen molar-refractivity contribution in [1.82, 2.24) is 5.32 Å². The third kappa shape index (κ3) is 2.54. The second kappa shape index (κ2) is 4.06. The van der Waals surface area contributed by atoms with Crippen molar-refractivity contribution in [2.24, 2.45) is 5.41 Å². The molecule has 1 aliphatic heterocycles. The summed E-state index contributed by atoms with van der Waals surface area (Å²) in [5.41, 5.74) is 0.682. The molecule has 2 nitrogen and oxygen atoms in total. The van der Waals surface area contributed by atoms with E-state index in [0.29, 0.717) is 11.5 Å². The van der Waals surface area contributed by atoms with Crippen LogP contribution >= 0.6 is 0 Å². The third-order valence-corrected chi connectivity index (χ3v) is 4.19. The van der Waals surface area contributed by atoms with E-state index in [9.17, 15) is 0 Å². The van der Waals surface area contributed by atoms with Gasteiger partial charge in [-0.05, 0) is 44.6 Å². The highest BCUT2D eigenvalue weighted by atomic mass is 16.5. The minimum atomic E-state index is 0.202. The highest BCUT2D eigenvalue weighted by Gasteiger charge is 2.43. The second-order valence-electron chi connectivity index (χ2n) is 6.20. The van der Waals surface area contributed by atoms with Crippen LogP contribution < -0.4 is 5.32 Å². The summed E-state index contributed by atoms with van der Waals surface area (Å²) in [6, 6.07) is 0.674. The summed E-state index contributed by atoms with van der Waals surface area (Å²) in [5, 5.41) is 3.42. The van der Waals surface area contributed by atoms with E-state index < -0.39 is 0 Å². The molecule has 1 N–H and O–H groups in total. The first-order valence-corrected chi connectivity index (χ1v) is 6.37. The highest BCUT2D eigenvalue weighted by Crippen LogP contribution is 2.46. The number of hydrogen-bond donors (Lipinski definition) is 1. The van der Waals surface area contributed by atoms with Crippen LogP contribution in [0.1, 0.15) is 52.4 Å². The quantitative estimate of drug-likeness (QED) is 0.720. The highest BCUT2D eigenvalue weighted by molar-refractivity contribution is 4.96. The molecule has 0 radical (unpaired) electrons. The van der Waals surface area contributed by atoms with E-state index in [1.165, 1.54) is 38.5 Å². The molecule has 0 aromatic rings. The Morgan fingerprint density at radius 1 is 1.27 bits per heavy atom. The fraction of sp³-hybridized carbons (Fsp3) is 1.00. The van der Waals surface area contributed by atoms with Crippen molar-refractivity contribution >= 4 is 0 Å². The summed E-state index contributed by atoms with van der Waals surface area (Å²) in [6.07, 6.45) is 7.62. The van der Waals surface area contributed by atoms with Gasteiger partial charge in [-0.15, -0.1) is 0 Å². The van der Waals surface area contributed by atoms with Crippen LogP contribution in [0.2, 0.25) is 0 Å². The Balaban J connectivity index is 2.05. The molecule has 0 aromatic heterocycles. The molecule has 1 aliphatic carbocycles. The van der Waals surface area contributed by atoms with E-state index in [2.05, 4.69) is 26.2 Å². The van der Waals surface area contributed by atoms with Gasteiger partial charge in [0.2, 0.25) is 0 Å². The average Bonchev–Trinajstić information content (AvgIpc) is 2.15. The lowest BCUT2D eigenvalue weighted by Crippen LogP contribution is -2.50. The zero-order chi connectivity index (χ0) is 10.9. The van der Waals surface area contributed by atoms with Crippen molar-refractivity contribution in [3.63, 3.8) is 0 Å². The molecule has 2 atom stereocenters. The lowest BCUT2D eigenvalue weighted by Gasteiger charge is -2.48. The Bertz CT molecular complexity index is 223. The summed E-state index contributed by atoms with van der Waals surface area (Å²) in [6.45, 7) is 5.72. The van der Waals surface area contributed by atoms with Crippen LogP contribution in [0.4, 0.5) is 0 Å². The van der Waals surface area contributed by atoms with E-state index in [-0.39, 0.29) is 5.60 Å². The van der Waals surface area contributed by atoms with Crippen LogP contribution in [-0.2, 0) is 4.74 Å². The zero-order valence-electron chi connectivity index (χ0n) is 10.4. The molecule has 2 aliphatic rings. The fourth-order valence-corrected chi connectivity index (χ4v) is 3.51. The summed E-state index contributed by atoms with van der Waals surface area (Å²) in [7, 11) is 2.08. The van der Waals surface area contributed by atoms with E-state index in [1.54, 1.807) is 0 Å². The van der Waals surface area contributed by atoms with E-state index in [1.807, 2.05) is 0 Å². The molecule has 1 saturated carbocycles. The first-order valence-electron chi connectivity index (χ1n) is 6.37. The van der Waals surface area contributed by atoms with Crippen LogP contribution in [-0.4, -0.2) is 25.3 Å². The Morgan fingerprint density at radius 3 is 2.73 bits per heavy atom. The predicted molar refractivity (Wildman–Crippen MR) is 63.0 cm³/mol. The maximum absolute atomic E-state index is 6.13. The predicted octanol–water partition coefficient (Wildman–Crippen LogP) is 2.72. The Morgan fingerprint density at radius 2 is 2.07 bits per heavy atom. The summed E-state index contributed by atoms with van der Waals surface area (Å²) in [4.78, 5) is 0. The van der Waals surface area contributed by atoms with Crippen molar-refractivity contribution in [3.8, 4) is 0 Å². The molecule has 2 fully saturated rings. The number of nitrogens with one attached hydrogen (secondary N) is 1. The molecule has 1 heterocycles. The molecule has 0 aromatic carbocycles. The Kier molecular flexibility index (Phi) is 3.09. The van der Waals surface area contributed by atoms with Gasteiger partial charge in [-0.1, -0.05) is 20.3 Å².